The molecule has 0 aromatic heterocycles. The van der Waals surface area contributed by atoms with E-state index in [1.54, 1.807) is 7.11 Å². The minimum Gasteiger partial charge on any atom is -0.497 e. The first-order chi connectivity index (χ1) is 10.8. The Bertz CT molecular complexity index is 528. The van der Waals surface area contributed by atoms with E-state index in [1.165, 1.54) is 0 Å². The second-order valence-corrected chi connectivity index (χ2v) is 4.94. The van der Waals surface area contributed by atoms with Crippen LogP contribution >= 0.6 is 0 Å². The van der Waals surface area contributed by atoms with Crippen LogP contribution in [0.5, 0.6) is 5.75 Å². The largest absolute Gasteiger partial charge is 0.497 e. The molecule has 0 N–H and O–H groups in total. The van der Waals surface area contributed by atoms with Crippen molar-refractivity contribution in [3.8, 4) is 5.75 Å². The summed E-state index contributed by atoms with van der Waals surface area (Å²) in [7, 11) is 1.63. The third-order valence-corrected chi connectivity index (χ3v) is 3.23. The van der Waals surface area contributed by atoms with Crippen LogP contribution in [0.25, 0.3) is 0 Å². The van der Waals surface area contributed by atoms with Gasteiger partial charge in [-0.15, -0.1) is 0 Å². The van der Waals surface area contributed by atoms with Gasteiger partial charge in [-0.3, -0.25) is 0 Å². The minimum absolute atomic E-state index is 0.232. The van der Waals surface area contributed by atoms with E-state index in [9.17, 15) is 4.39 Å². The fourth-order valence-corrected chi connectivity index (χ4v) is 1.96. The lowest BCUT2D eigenvalue weighted by molar-refractivity contribution is -0.0397. The molecule has 0 unspecified atom stereocenters. The molecule has 1 atom stereocenters. The molecule has 0 aliphatic heterocycles. The summed E-state index contributed by atoms with van der Waals surface area (Å²) in [4.78, 5) is 0. The van der Waals surface area contributed by atoms with Crippen molar-refractivity contribution in [2.24, 2.45) is 0 Å². The molecule has 0 bridgehead atoms. The molecule has 0 radical (unpaired) electrons. The number of benzene rings is 2. The zero-order valence-electron chi connectivity index (χ0n) is 12.7. The molecule has 0 aliphatic rings. The van der Waals surface area contributed by atoms with Crippen LogP contribution in [0.2, 0.25) is 0 Å². The zero-order chi connectivity index (χ0) is 15.6. The van der Waals surface area contributed by atoms with Crippen molar-refractivity contribution in [1.82, 2.24) is 0 Å². The predicted octanol–water partition coefficient (Wildman–Crippen LogP) is 3.77. The van der Waals surface area contributed by atoms with E-state index in [1.807, 2.05) is 54.6 Å². The third kappa shape index (κ3) is 5.47. The lowest BCUT2D eigenvalue weighted by Gasteiger charge is -2.15. The number of hydrogen-bond donors (Lipinski definition) is 0. The van der Waals surface area contributed by atoms with Gasteiger partial charge in [0.25, 0.3) is 0 Å². The first kappa shape index (κ1) is 16.5. The number of ether oxygens (including phenoxy) is 3. The van der Waals surface area contributed by atoms with Crippen molar-refractivity contribution in [3.05, 3.63) is 65.7 Å². The molecule has 22 heavy (non-hydrogen) atoms. The highest BCUT2D eigenvalue weighted by atomic mass is 19.1. The molecule has 0 heterocycles. The van der Waals surface area contributed by atoms with Crippen molar-refractivity contribution < 1.29 is 18.6 Å². The van der Waals surface area contributed by atoms with Crippen LogP contribution in [0.4, 0.5) is 4.39 Å². The van der Waals surface area contributed by atoms with Gasteiger partial charge in [0.2, 0.25) is 0 Å². The monoisotopic (exact) mass is 304 g/mol. The van der Waals surface area contributed by atoms with Crippen molar-refractivity contribution in [3.63, 3.8) is 0 Å². The molecule has 2 aromatic carbocycles. The molecule has 3 nitrogen and oxygen atoms in total. The van der Waals surface area contributed by atoms with Gasteiger partial charge in [0.1, 0.15) is 18.5 Å². The van der Waals surface area contributed by atoms with Crippen LogP contribution in [-0.4, -0.2) is 26.5 Å². The number of hydrogen-bond acceptors (Lipinski definition) is 3. The summed E-state index contributed by atoms with van der Waals surface area (Å²) in [5, 5.41) is 0. The fraction of sp³-hybridized carbons (Fsp3) is 0.333. The summed E-state index contributed by atoms with van der Waals surface area (Å²) >= 11 is 0. The van der Waals surface area contributed by atoms with Gasteiger partial charge in [-0.05, 0) is 23.3 Å². The molecule has 2 aromatic rings. The maximum atomic E-state index is 13.0. The Morgan fingerprint density at radius 3 is 2.23 bits per heavy atom. The van der Waals surface area contributed by atoms with E-state index >= 15 is 0 Å². The average Bonchev–Trinajstić information content (AvgIpc) is 2.59. The Morgan fingerprint density at radius 1 is 0.909 bits per heavy atom. The first-order valence-electron chi connectivity index (χ1n) is 7.24. The van der Waals surface area contributed by atoms with Gasteiger partial charge in [0.15, 0.2) is 0 Å². The Hall–Kier alpha value is -1.91. The van der Waals surface area contributed by atoms with Gasteiger partial charge in [0.05, 0.1) is 26.9 Å². The van der Waals surface area contributed by atoms with Crippen molar-refractivity contribution in [1.29, 1.82) is 0 Å². The smallest absolute Gasteiger partial charge is 0.118 e. The molecule has 0 fully saturated rings. The van der Waals surface area contributed by atoms with Crippen LogP contribution in [0.3, 0.4) is 0 Å². The van der Waals surface area contributed by atoms with Crippen molar-refractivity contribution >= 4 is 0 Å². The van der Waals surface area contributed by atoms with E-state index in [0.29, 0.717) is 13.2 Å². The summed E-state index contributed by atoms with van der Waals surface area (Å²) < 4.78 is 29.1. The molecule has 0 amide bonds. The third-order valence-electron chi connectivity index (χ3n) is 3.23. The number of halogens is 1. The maximum Gasteiger partial charge on any atom is 0.118 e. The fourth-order valence-electron chi connectivity index (χ4n) is 1.96. The van der Waals surface area contributed by atoms with Crippen molar-refractivity contribution in [2.45, 2.75) is 19.3 Å². The second-order valence-electron chi connectivity index (χ2n) is 4.94. The Kier molecular flexibility index (Phi) is 6.87. The highest BCUT2D eigenvalue weighted by molar-refractivity contribution is 5.26. The molecule has 118 valence electrons. The van der Waals surface area contributed by atoms with Gasteiger partial charge in [-0.1, -0.05) is 42.5 Å². The highest BCUT2D eigenvalue weighted by Gasteiger charge is 2.09. The normalized spacial score (nSPS) is 12.1. The second kappa shape index (κ2) is 9.18. The van der Waals surface area contributed by atoms with E-state index in [0.717, 1.165) is 16.9 Å². The van der Waals surface area contributed by atoms with E-state index in [2.05, 4.69) is 0 Å². The summed E-state index contributed by atoms with van der Waals surface area (Å²) in [6.07, 6.45) is -0.543. The quantitative estimate of drug-likeness (QED) is 0.706. The summed E-state index contributed by atoms with van der Waals surface area (Å²) in [5.41, 5.74) is 2.04. The summed E-state index contributed by atoms with van der Waals surface area (Å²) in [6.45, 7) is 0.487. The van der Waals surface area contributed by atoms with Crippen LogP contribution in [0.1, 0.15) is 11.1 Å². The standard InChI is InChI=1S/C18H21FO3/c1-20-17-9-7-16(8-10-17)12-21-14-18(11-19)22-13-15-5-3-2-4-6-15/h2-10,18H,11-14H2,1H3/t18-/m1/s1. The van der Waals surface area contributed by atoms with Crippen molar-refractivity contribution in [2.75, 3.05) is 20.4 Å². The van der Waals surface area contributed by atoms with Crippen LogP contribution in [0.15, 0.2) is 54.6 Å². The predicted molar refractivity (Wildman–Crippen MR) is 83.6 cm³/mol. The molecule has 0 saturated carbocycles. The van der Waals surface area contributed by atoms with Crippen LogP contribution in [0, 0.1) is 0 Å². The lowest BCUT2D eigenvalue weighted by atomic mass is 10.2. The molecule has 4 heteroatoms. The van der Waals surface area contributed by atoms with Gasteiger partial charge in [-0.25, -0.2) is 4.39 Å². The topological polar surface area (TPSA) is 27.7 Å². The maximum absolute atomic E-state index is 13.0. The van der Waals surface area contributed by atoms with E-state index in [4.69, 9.17) is 14.2 Å². The van der Waals surface area contributed by atoms with Gasteiger partial charge < -0.3 is 14.2 Å². The summed E-state index contributed by atoms with van der Waals surface area (Å²) in [5.74, 6) is 0.802. The average molecular weight is 304 g/mol. The van der Waals surface area contributed by atoms with Gasteiger partial charge >= 0.3 is 0 Å². The SMILES string of the molecule is COc1ccc(COC[C@@H](CF)OCc2ccccc2)cc1. The van der Waals surface area contributed by atoms with Crippen LogP contribution in [-0.2, 0) is 22.7 Å². The Morgan fingerprint density at radius 2 is 1.59 bits per heavy atom. The lowest BCUT2D eigenvalue weighted by Crippen LogP contribution is -2.22. The van der Waals surface area contributed by atoms with Crippen LogP contribution < -0.4 is 4.74 Å². The van der Waals surface area contributed by atoms with Gasteiger partial charge in [-0.2, -0.15) is 0 Å². The first-order valence-corrected chi connectivity index (χ1v) is 7.24. The molecular weight excluding hydrogens is 283 g/mol. The molecule has 0 aliphatic carbocycles. The molecule has 0 spiro atoms. The number of methoxy groups -OCH3 is 1. The highest BCUT2D eigenvalue weighted by Crippen LogP contribution is 2.12. The Labute approximate surface area is 130 Å². The number of alkyl halides is 1. The zero-order valence-corrected chi connectivity index (χ0v) is 12.7. The summed E-state index contributed by atoms with van der Waals surface area (Å²) in [6, 6.07) is 17.3. The molecule has 0 saturated heterocycles. The molecular formula is C18H21FO3. The minimum atomic E-state index is -0.560. The molecule has 2 rings (SSSR count). The Balaban J connectivity index is 1.71. The van der Waals surface area contributed by atoms with Gasteiger partial charge in [0, 0.05) is 0 Å². The number of rotatable bonds is 9. The van der Waals surface area contributed by atoms with E-state index in [-0.39, 0.29) is 6.61 Å². The van der Waals surface area contributed by atoms with E-state index < -0.39 is 12.8 Å².